The van der Waals surface area contributed by atoms with Crippen molar-refractivity contribution in [3.63, 3.8) is 0 Å². The molecule has 1 fully saturated rings. The van der Waals surface area contributed by atoms with Crippen LogP contribution in [0, 0.1) is 0 Å². The number of nitrogens with zero attached hydrogens (tertiary/aromatic N) is 2. The number of rotatable bonds is 14. The summed E-state index contributed by atoms with van der Waals surface area (Å²) in [4.78, 5) is 4.39. The Kier molecular flexibility index (Phi) is 10.8. The topological polar surface area (TPSA) is 72.9 Å². The molecule has 0 unspecified atom stereocenters. The Morgan fingerprint density at radius 3 is 2.41 bits per heavy atom. The number of hydrogen-bond donors (Lipinski definition) is 1. The molecule has 34 heavy (non-hydrogen) atoms. The first-order valence-corrected chi connectivity index (χ1v) is 11.9. The van der Waals surface area contributed by atoms with Crippen LogP contribution in [0.2, 0.25) is 0 Å². The highest BCUT2D eigenvalue weighted by Crippen LogP contribution is 2.29. The minimum Gasteiger partial charge on any atom is -0.493 e. The van der Waals surface area contributed by atoms with E-state index >= 15 is 0 Å². The molecule has 0 spiro atoms. The fourth-order valence-corrected chi connectivity index (χ4v) is 3.86. The molecule has 8 nitrogen and oxygen atoms in total. The van der Waals surface area contributed by atoms with Crippen molar-refractivity contribution in [3.8, 4) is 23.0 Å². The minimum absolute atomic E-state index is 0.188. The van der Waals surface area contributed by atoms with E-state index in [4.69, 9.17) is 23.7 Å². The average Bonchev–Trinajstić information content (AvgIpc) is 2.85. The van der Waals surface area contributed by atoms with Gasteiger partial charge >= 0.3 is 0 Å². The standard InChI is InChI=1S/C26H38N2O6/c1-4-32-23-7-5-6-8-24(23)34-20-22(29)19-27(2)18-21-9-10-25(26(17-21)30-3)33-16-13-28-11-14-31-15-12-28/h5-10,17,22,29H,4,11-16,18-20H2,1-3H3/t22-/m0/s1. The monoisotopic (exact) mass is 474 g/mol. The summed E-state index contributed by atoms with van der Waals surface area (Å²) >= 11 is 0. The SMILES string of the molecule is CCOc1ccccc1OC[C@@H](O)CN(C)Cc1ccc(OCCN2CCOCC2)c(OC)c1. The largest absolute Gasteiger partial charge is 0.493 e. The van der Waals surface area contributed by atoms with Crippen LogP contribution in [-0.4, -0.2) is 94.4 Å². The van der Waals surface area contributed by atoms with Gasteiger partial charge in [-0.1, -0.05) is 18.2 Å². The third kappa shape index (κ3) is 8.36. The van der Waals surface area contributed by atoms with Crippen molar-refractivity contribution in [2.75, 3.05) is 73.4 Å². The highest BCUT2D eigenvalue weighted by atomic mass is 16.5. The molecule has 0 amide bonds. The molecule has 1 aliphatic rings. The third-order valence-corrected chi connectivity index (χ3v) is 5.55. The summed E-state index contributed by atoms with van der Waals surface area (Å²) in [5, 5.41) is 10.5. The molecule has 2 aromatic carbocycles. The zero-order chi connectivity index (χ0) is 24.2. The highest BCUT2D eigenvalue weighted by Gasteiger charge is 2.14. The van der Waals surface area contributed by atoms with Gasteiger partial charge in [0.2, 0.25) is 0 Å². The number of aliphatic hydroxyl groups is 1. The van der Waals surface area contributed by atoms with Crippen molar-refractivity contribution < 1.29 is 28.8 Å². The first-order chi connectivity index (χ1) is 16.6. The second kappa shape index (κ2) is 14.0. The molecule has 1 aliphatic heterocycles. The Hall–Kier alpha value is -2.52. The number of ether oxygens (including phenoxy) is 5. The number of aliphatic hydroxyl groups excluding tert-OH is 1. The summed E-state index contributed by atoms with van der Waals surface area (Å²) in [6, 6.07) is 13.5. The lowest BCUT2D eigenvalue weighted by atomic mass is 10.2. The number of morpholine rings is 1. The van der Waals surface area contributed by atoms with Crippen molar-refractivity contribution in [3.05, 3.63) is 48.0 Å². The lowest BCUT2D eigenvalue weighted by Gasteiger charge is -2.26. The molecule has 188 valence electrons. The van der Waals surface area contributed by atoms with Crippen molar-refractivity contribution >= 4 is 0 Å². The molecule has 1 atom stereocenters. The lowest BCUT2D eigenvalue weighted by Crippen LogP contribution is -2.38. The fraction of sp³-hybridized carbons (Fsp3) is 0.538. The molecule has 1 saturated heterocycles. The summed E-state index contributed by atoms with van der Waals surface area (Å²) in [7, 11) is 3.62. The first kappa shape index (κ1) is 26.1. The van der Waals surface area contributed by atoms with Gasteiger partial charge in [0.1, 0.15) is 19.3 Å². The van der Waals surface area contributed by atoms with Gasteiger partial charge in [0.25, 0.3) is 0 Å². The normalized spacial score (nSPS) is 15.2. The summed E-state index contributed by atoms with van der Waals surface area (Å²) in [6.07, 6.45) is -0.635. The Morgan fingerprint density at radius 1 is 1.00 bits per heavy atom. The predicted octanol–water partition coefficient (Wildman–Crippen LogP) is 2.68. The van der Waals surface area contributed by atoms with Crippen molar-refractivity contribution in [1.82, 2.24) is 9.80 Å². The molecule has 8 heteroatoms. The molecule has 2 aromatic rings. The van der Waals surface area contributed by atoms with Gasteiger partial charge in [-0.25, -0.2) is 0 Å². The van der Waals surface area contributed by atoms with E-state index in [-0.39, 0.29) is 6.61 Å². The second-order valence-electron chi connectivity index (χ2n) is 8.33. The quantitative estimate of drug-likeness (QED) is 0.448. The van der Waals surface area contributed by atoms with Gasteiger partial charge < -0.3 is 28.8 Å². The van der Waals surface area contributed by atoms with Gasteiger partial charge in [-0.3, -0.25) is 9.80 Å². The minimum atomic E-state index is -0.635. The number of para-hydroxylation sites is 2. The van der Waals surface area contributed by atoms with E-state index in [0.717, 1.165) is 44.2 Å². The van der Waals surface area contributed by atoms with Gasteiger partial charge in [-0.2, -0.15) is 0 Å². The molecule has 1 N–H and O–H groups in total. The van der Waals surface area contributed by atoms with E-state index in [1.165, 1.54) is 0 Å². The van der Waals surface area contributed by atoms with E-state index in [9.17, 15) is 5.11 Å². The maximum Gasteiger partial charge on any atom is 0.161 e. The van der Waals surface area contributed by atoms with E-state index in [0.29, 0.717) is 43.6 Å². The van der Waals surface area contributed by atoms with Gasteiger partial charge in [0, 0.05) is 32.7 Å². The predicted molar refractivity (Wildman–Crippen MR) is 131 cm³/mol. The van der Waals surface area contributed by atoms with Crippen LogP contribution in [0.3, 0.4) is 0 Å². The van der Waals surface area contributed by atoms with E-state index in [1.54, 1.807) is 7.11 Å². The van der Waals surface area contributed by atoms with E-state index in [2.05, 4.69) is 9.80 Å². The molecular weight excluding hydrogens is 436 g/mol. The lowest BCUT2D eigenvalue weighted by molar-refractivity contribution is 0.0321. The number of likely N-dealkylation sites (N-methyl/N-ethyl adjacent to an activating group) is 1. The number of hydrogen-bond acceptors (Lipinski definition) is 8. The molecular formula is C26H38N2O6. The van der Waals surface area contributed by atoms with Crippen LogP contribution in [0.25, 0.3) is 0 Å². The Balaban J connectivity index is 1.44. The average molecular weight is 475 g/mol. The van der Waals surface area contributed by atoms with E-state index in [1.807, 2.05) is 56.4 Å². The summed E-state index contributed by atoms with van der Waals surface area (Å²) in [5.41, 5.74) is 1.08. The summed E-state index contributed by atoms with van der Waals surface area (Å²) in [5.74, 6) is 2.78. The van der Waals surface area contributed by atoms with Gasteiger partial charge in [-0.05, 0) is 43.8 Å². The van der Waals surface area contributed by atoms with E-state index < -0.39 is 6.10 Å². The highest BCUT2D eigenvalue weighted by molar-refractivity contribution is 5.43. The van der Waals surface area contributed by atoms with Crippen LogP contribution in [0.5, 0.6) is 23.0 Å². The molecule has 3 rings (SSSR count). The van der Waals surface area contributed by atoms with Crippen LogP contribution in [0.15, 0.2) is 42.5 Å². The first-order valence-electron chi connectivity index (χ1n) is 11.9. The molecule has 0 bridgehead atoms. The van der Waals surface area contributed by atoms with Gasteiger partial charge in [-0.15, -0.1) is 0 Å². The third-order valence-electron chi connectivity index (χ3n) is 5.55. The summed E-state index contributed by atoms with van der Waals surface area (Å²) < 4.78 is 28.3. The molecule has 0 radical (unpaired) electrons. The smallest absolute Gasteiger partial charge is 0.161 e. The van der Waals surface area contributed by atoms with Gasteiger partial charge in [0.15, 0.2) is 23.0 Å². The van der Waals surface area contributed by atoms with Crippen molar-refractivity contribution in [2.24, 2.45) is 0 Å². The number of benzene rings is 2. The molecule has 0 aromatic heterocycles. The summed E-state index contributed by atoms with van der Waals surface area (Å²) in [6.45, 7) is 8.75. The Labute approximate surface area is 202 Å². The molecule has 0 saturated carbocycles. The zero-order valence-electron chi connectivity index (χ0n) is 20.6. The van der Waals surface area contributed by atoms with Crippen LogP contribution in [0.1, 0.15) is 12.5 Å². The van der Waals surface area contributed by atoms with Crippen LogP contribution < -0.4 is 18.9 Å². The molecule has 1 heterocycles. The van der Waals surface area contributed by atoms with Crippen LogP contribution in [0.4, 0.5) is 0 Å². The maximum absolute atomic E-state index is 10.5. The second-order valence-corrected chi connectivity index (χ2v) is 8.33. The molecule has 0 aliphatic carbocycles. The Bertz CT molecular complexity index is 859. The zero-order valence-corrected chi connectivity index (χ0v) is 20.6. The number of methoxy groups -OCH3 is 1. The van der Waals surface area contributed by atoms with Crippen LogP contribution in [-0.2, 0) is 11.3 Å². The van der Waals surface area contributed by atoms with Crippen molar-refractivity contribution in [1.29, 1.82) is 0 Å². The van der Waals surface area contributed by atoms with Crippen LogP contribution >= 0.6 is 0 Å². The van der Waals surface area contributed by atoms with Gasteiger partial charge in [0.05, 0.1) is 26.9 Å². The van der Waals surface area contributed by atoms with Crippen molar-refractivity contribution in [2.45, 2.75) is 19.6 Å². The fourth-order valence-electron chi connectivity index (χ4n) is 3.86. The maximum atomic E-state index is 10.5. The Morgan fingerprint density at radius 2 is 1.71 bits per heavy atom.